The Morgan fingerprint density at radius 2 is 1.72 bits per heavy atom. The highest BCUT2D eigenvalue weighted by molar-refractivity contribution is 7.97. The second-order valence-electron chi connectivity index (χ2n) is 7.73. The summed E-state index contributed by atoms with van der Waals surface area (Å²) in [6.07, 6.45) is 1.47. The number of hydrogen-bond donors (Lipinski definition) is 1. The maximum Gasteiger partial charge on any atom is 0.270 e. The van der Waals surface area contributed by atoms with E-state index in [1.807, 2.05) is 12.1 Å². The van der Waals surface area contributed by atoms with Crippen molar-refractivity contribution in [3.63, 3.8) is 0 Å². The van der Waals surface area contributed by atoms with Crippen molar-refractivity contribution < 1.29 is 22.7 Å². The van der Waals surface area contributed by atoms with Crippen LogP contribution in [-0.2, 0) is 14.8 Å². The van der Waals surface area contributed by atoms with E-state index in [0.717, 1.165) is 9.87 Å². The van der Waals surface area contributed by atoms with Crippen LogP contribution in [0.1, 0.15) is 37.8 Å². The number of benzene rings is 2. The van der Waals surface area contributed by atoms with Crippen LogP contribution in [-0.4, -0.2) is 35.1 Å². The maximum absolute atomic E-state index is 13.5. The molecule has 32 heavy (non-hydrogen) atoms. The van der Waals surface area contributed by atoms with Gasteiger partial charge >= 0.3 is 0 Å². The number of fused-ring (bicyclic) bond motifs is 1. The van der Waals surface area contributed by atoms with Crippen LogP contribution in [0.25, 0.3) is 5.57 Å². The van der Waals surface area contributed by atoms with E-state index < -0.39 is 15.9 Å². The molecule has 1 amide bonds. The van der Waals surface area contributed by atoms with Crippen LogP contribution in [0.2, 0.25) is 0 Å². The highest BCUT2D eigenvalue weighted by atomic mass is 32.2. The minimum Gasteiger partial charge on any atom is -0.493 e. The number of ether oxygens (including phenoxy) is 2. The number of carbonyl (C=O) groups excluding carboxylic acids is 1. The van der Waals surface area contributed by atoms with Crippen molar-refractivity contribution in [1.82, 2.24) is 0 Å². The molecule has 0 aliphatic carbocycles. The van der Waals surface area contributed by atoms with Crippen molar-refractivity contribution in [1.29, 1.82) is 0 Å². The van der Waals surface area contributed by atoms with E-state index in [0.29, 0.717) is 39.9 Å². The number of carbonyl (C=O) groups is 1. The predicted octanol–water partition coefficient (Wildman–Crippen LogP) is 4.53. The zero-order chi connectivity index (χ0) is 23.6. The largest absolute Gasteiger partial charge is 0.493 e. The van der Waals surface area contributed by atoms with Gasteiger partial charge in [-0.25, -0.2) is 8.42 Å². The van der Waals surface area contributed by atoms with Crippen molar-refractivity contribution in [2.75, 3.05) is 30.4 Å². The minimum atomic E-state index is -4.14. The molecule has 8 heteroatoms. The first-order valence-electron chi connectivity index (χ1n) is 10.2. The van der Waals surface area contributed by atoms with Crippen LogP contribution in [0.3, 0.4) is 0 Å². The van der Waals surface area contributed by atoms with Gasteiger partial charge in [0.05, 0.1) is 26.5 Å². The van der Waals surface area contributed by atoms with Crippen LogP contribution in [0.5, 0.6) is 11.5 Å². The van der Waals surface area contributed by atoms with Gasteiger partial charge in [-0.1, -0.05) is 32.1 Å². The monoisotopic (exact) mass is 456 g/mol. The topological polar surface area (TPSA) is 84.9 Å². The highest BCUT2D eigenvalue weighted by Gasteiger charge is 2.40. The first-order chi connectivity index (χ1) is 15.1. The van der Waals surface area contributed by atoms with E-state index in [1.54, 1.807) is 31.2 Å². The summed E-state index contributed by atoms with van der Waals surface area (Å²) >= 11 is 0. The number of amides is 1. The number of nitrogens with zero attached hydrogens (tertiary/aromatic N) is 1. The Hall–Kier alpha value is -3.26. The lowest BCUT2D eigenvalue weighted by atomic mass is 10.0. The molecule has 1 aliphatic heterocycles. The molecule has 0 radical (unpaired) electrons. The highest BCUT2D eigenvalue weighted by Crippen LogP contribution is 2.45. The summed E-state index contributed by atoms with van der Waals surface area (Å²) in [5.74, 6) is 0.475. The number of allylic oxidation sites excluding steroid dienone is 1. The fourth-order valence-corrected chi connectivity index (χ4v) is 5.39. The Labute approximate surface area is 189 Å². The summed E-state index contributed by atoms with van der Waals surface area (Å²) < 4.78 is 38.9. The van der Waals surface area contributed by atoms with Gasteiger partial charge in [0.25, 0.3) is 15.9 Å². The summed E-state index contributed by atoms with van der Waals surface area (Å²) in [4.78, 5) is 12.9. The first-order valence-corrected chi connectivity index (χ1v) is 11.6. The van der Waals surface area contributed by atoms with E-state index >= 15 is 0 Å². The molecular formula is C24H28N2O5S. The molecule has 0 saturated heterocycles. The van der Waals surface area contributed by atoms with E-state index in [-0.39, 0.29) is 11.4 Å². The third kappa shape index (κ3) is 4.10. The Morgan fingerprint density at radius 1 is 1.12 bits per heavy atom. The van der Waals surface area contributed by atoms with Crippen LogP contribution in [0.15, 0.2) is 54.0 Å². The van der Waals surface area contributed by atoms with Gasteiger partial charge in [0.15, 0.2) is 16.4 Å². The number of rotatable bonds is 7. The number of sulfonamides is 1. The molecule has 0 atom stereocenters. The van der Waals surface area contributed by atoms with Crippen molar-refractivity contribution in [2.45, 2.75) is 26.7 Å². The van der Waals surface area contributed by atoms with E-state index in [4.69, 9.17) is 9.47 Å². The summed E-state index contributed by atoms with van der Waals surface area (Å²) in [6.45, 7) is 9.43. The first kappa shape index (κ1) is 23.4. The standard InChI is InChI=1S/C24H28N2O5S/c1-7-12-26-20-14-22(31-6)21(30-5)13-19(20)16(4)23(32(26,28)29)24(27)25-18-10-8-17(9-11-18)15(2)3/h7-11,13-15H,1,12H2,2-6H3,(H,25,27). The molecule has 0 aromatic heterocycles. The zero-order valence-electron chi connectivity index (χ0n) is 18.9. The number of anilines is 2. The number of hydrogen-bond acceptors (Lipinski definition) is 5. The predicted molar refractivity (Wildman–Crippen MR) is 128 cm³/mol. The normalized spacial score (nSPS) is 14.8. The molecule has 2 aromatic rings. The fourth-order valence-electron chi connectivity index (χ4n) is 3.67. The molecule has 0 spiro atoms. The van der Waals surface area contributed by atoms with Gasteiger partial charge in [-0.3, -0.25) is 9.10 Å². The van der Waals surface area contributed by atoms with Gasteiger partial charge < -0.3 is 14.8 Å². The van der Waals surface area contributed by atoms with Crippen LogP contribution >= 0.6 is 0 Å². The molecule has 0 fully saturated rings. The van der Waals surface area contributed by atoms with Gasteiger partial charge in [0.2, 0.25) is 0 Å². The average Bonchev–Trinajstić information content (AvgIpc) is 2.75. The molecular weight excluding hydrogens is 428 g/mol. The second-order valence-corrected chi connectivity index (χ2v) is 9.53. The second kappa shape index (κ2) is 9.08. The van der Waals surface area contributed by atoms with Gasteiger partial charge in [-0.2, -0.15) is 0 Å². The van der Waals surface area contributed by atoms with Gasteiger partial charge in [0, 0.05) is 17.3 Å². The summed E-state index contributed by atoms with van der Waals surface area (Å²) in [5.41, 5.74) is 2.94. The Kier molecular flexibility index (Phi) is 6.64. The SMILES string of the molecule is C=CCN1c2cc(OC)c(OC)cc2C(C)=C(C(=O)Nc2ccc(C(C)C)cc2)S1(=O)=O. The molecule has 1 aliphatic rings. The van der Waals surface area contributed by atoms with E-state index in [1.165, 1.54) is 20.3 Å². The molecule has 1 heterocycles. The van der Waals surface area contributed by atoms with E-state index in [9.17, 15) is 13.2 Å². The lowest BCUT2D eigenvalue weighted by molar-refractivity contribution is -0.112. The minimum absolute atomic E-state index is 0.00202. The number of nitrogens with one attached hydrogen (secondary N) is 1. The van der Waals surface area contributed by atoms with Crippen molar-refractivity contribution in [3.8, 4) is 11.5 Å². The van der Waals surface area contributed by atoms with Crippen LogP contribution in [0, 0.1) is 0 Å². The zero-order valence-corrected chi connectivity index (χ0v) is 19.7. The fraction of sp³-hybridized carbons (Fsp3) is 0.292. The molecule has 170 valence electrons. The van der Waals surface area contributed by atoms with Crippen molar-refractivity contribution in [3.05, 3.63) is 65.1 Å². The van der Waals surface area contributed by atoms with Crippen LogP contribution in [0.4, 0.5) is 11.4 Å². The van der Waals surface area contributed by atoms with Gasteiger partial charge in [-0.15, -0.1) is 6.58 Å². The third-order valence-corrected chi connectivity index (χ3v) is 7.33. The van der Waals surface area contributed by atoms with Gasteiger partial charge in [0.1, 0.15) is 0 Å². The third-order valence-electron chi connectivity index (χ3n) is 5.40. The quantitative estimate of drug-likeness (QED) is 0.619. The Balaban J connectivity index is 2.13. The summed E-state index contributed by atoms with van der Waals surface area (Å²) in [6, 6.07) is 10.6. The molecule has 3 rings (SSSR count). The molecule has 7 nitrogen and oxygen atoms in total. The molecule has 0 saturated carbocycles. The maximum atomic E-state index is 13.5. The van der Waals surface area contributed by atoms with Crippen molar-refractivity contribution in [2.24, 2.45) is 0 Å². The van der Waals surface area contributed by atoms with E-state index in [2.05, 4.69) is 25.7 Å². The molecule has 0 bridgehead atoms. The summed E-state index contributed by atoms with van der Waals surface area (Å²) in [7, 11) is -1.16. The Morgan fingerprint density at radius 3 is 2.25 bits per heavy atom. The van der Waals surface area contributed by atoms with Crippen LogP contribution < -0.4 is 19.1 Å². The van der Waals surface area contributed by atoms with Gasteiger partial charge in [-0.05, 0) is 42.2 Å². The lowest BCUT2D eigenvalue weighted by Crippen LogP contribution is -2.39. The molecule has 1 N–H and O–H groups in total. The smallest absolute Gasteiger partial charge is 0.270 e. The molecule has 0 unspecified atom stereocenters. The summed E-state index contributed by atoms with van der Waals surface area (Å²) in [5, 5.41) is 2.72. The molecule has 2 aromatic carbocycles. The lowest BCUT2D eigenvalue weighted by Gasteiger charge is -2.32. The average molecular weight is 457 g/mol. The number of methoxy groups -OCH3 is 2. The van der Waals surface area contributed by atoms with Crippen molar-refractivity contribution >= 4 is 32.9 Å². The Bertz CT molecular complexity index is 1180.